The normalized spacial score (nSPS) is 20.0. The Hall–Kier alpha value is -8.15. The van der Waals surface area contributed by atoms with E-state index in [4.69, 9.17) is 45.9 Å². The number of aryl methyl sites for hydroxylation is 3. The topological polar surface area (TPSA) is 277 Å². The minimum absolute atomic E-state index is 0.00858. The first-order valence-electron chi connectivity index (χ1n) is 30.1. The number of aromatic amines is 2. The molecule has 488 valence electrons. The molecule has 6 aromatic carbocycles. The fourth-order valence-electron chi connectivity index (χ4n) is 11.9. The molecule has 2 saturated heterocycles. The molecule has 2 aliphatic heterocycles. The fraction of sp³-hybridized carbons (Fsp3) is 0.338. The average molecular weight is 1320 g/mol. The van der Waals surface area contributed by atoms with E-state index < -0.39 is 129 Å². The zero-order valence-corrected chi connectivity index (χ0v) is 55.4. The highest BCUT2D eigenvalue weighted by molar-refractivity contribution is 7.86. The van der Waals surface area contributed by atoms with Crippen molar-refractivity contribution in [1.82, 2.24) is 19.1 Å². The van der Waals surface area contributed by atoms with Gasteiger partial charge in [0.05, 0.1) is 57.5 Å². The molecule has 22 nitrogen and oxygen atoms in total. The minimum Gasteiger partial charge on any atom is -0.497 e. The second kappa shape index (κ2) is 28.2. The number of rotatable bonds is 26. The first-order valence-corrected chi connectivity index (χ1v) is 34.9. The monoisotopic (exact) mass is 1320 g/mol. The summed E-state index contributed by atoms with van der Waals surface area (Å²) in [4.78, 5) is 58.0. The zero-order valence-electron chi connectivity index (χ0n) is 52.7. The Kier molecular flexibility index (Phi) is 20.5. The van der Waals surface area contributed by atoms with Gasteiger partial charge in [0.2, 0.25) is 0 Å². The van der Waals surface area contributed by atoms with Gasteiger partial charge < -0.3 is 28.1 Å². The summed E-state index contributed by atoms with van der Waals surface area (Å²) in [5.74, 6) is 1.04. The van der Waals surface area contributed by atoms with Gasteiger partial charge in [-0.25, -0.2) is 14.2 Å². The van der Waals surface area contributed by atoms with E-state index in [1.165, 1.54) is 50.2 Å². The highest BCUT2D eigenvalue weighted by Crippen LogP contribution is 2.57. The Balaban J connectivity index is 1.13. The fourth-order valence-corrected chi connectivity index (χ4v) is 19.0. The molecule has 2 fully saturated rings. The summed E-state index contributed by atoms with van der Waals surface area (Å²) in [5.41, 5.74) is -4.15. The van der Waals surface area contributed by atoms with Crippen LogP contribution >= 0.6 is 7.82 Å². The van der Waals surface area contributed by atoms with Crippen LogP contribution in [0.25, 0.3) is 0 Å². The molecule has 0 saturated carbocycles. The summed E-state index contributed by atoms with van der Waals surface area (Å²) in [7, 11) is -10.4. The van der Waals surface area contributed by atoms with Gasteiger partial charge in [-0.1, -0.05) is 154 Å². The van der Waals surface area contributed by atoms with Crippen molar-refractivity contribution in [3.05, 3.63) is 251 Å². The number of ether oxygens (including phenoxy) is 5. The molecule has 2 N–H and O–H groups in total. The lowest BCUT2D eigenvalue weighted by molar-refractivity contribution is -0.173. The number of methoxy groups -OCH3 is 2. The van der Waals surface area contributed by atoms with Gasteiger partial charge in [-0.15, -0.1) is 0 Å². The van der Waals surface area contributed by atoms with Gasteiger partial charge in [0.25, 0.3) is 29.6 Å². The van der Waals surface area contributed by atoms with Crippen molar-refractivity contribution in [2.75, 3.05) is 40.6 Å². The molecule has 4 heterocycles. The van der Waals surface area contributed by atoms with E-state index in [0.29, 0.717) is 28.2 Å². The Bertz CT molecular complexity index is 4270. The summed E-state index contributed by atoms with van der Waals surface area (Å²) in [5, 5.41) is 11.2. The van der Waals surface area contributed by atoms with Gasteiger partial charge in [-0.05, 0) is 89.3 Å². The molecule has 2 aliphatic rings. The predicted molar refractivity (Wildman–Crippen MR) is 348 cm³/mol. The molecule has 0 bridgehead atoms. The number of phosphoric ester groups is 1. The maximum absolute atomic E-state index is 16.3. The van der Waals surface area contributed by atoms with E-state index in [-0.39, 0.29) is 28.9 Å². The van der Waals surface area contributed by atoms with Crippen LogP contribution in [0.5, 0.6) is 11.5 Å². The number of hydrogen-bond donors (Lipinski definition) is 2. The molecule has 10 rings (SSSR count). The Morgan fingerprint density at radius 3 is 1.68 bits per heavy atom. The van der Waals surface area contributed by atoms with Crippen LogP contribution in [0.4, 0.5) is 0 Å². The van der Waals surface area contributed by atoms with E-state index in [2.05, 4.69) is 30.7 Å². The highest BCUT2D eigenvalue weighted by atomic mass is 32.2. The lowest BCUT2D eigenvalue weighted by Gasteiger charge is -2.45. The third-order valence-corrected chi connectivity index (χ3v) is 24.6. The molecular weight excluding hydrogens is 1250 g/mol. The van der Waals surface area contributed by atoms with Gasteiger partial charge >= 0.3 is 19.2 Å². The summed E-state index contributed by atoms with van der Waals surface area (Å²) >= 11 is 0. The Morgan fingerprint density at radius 2 is 1.17 bits per heavy atom. The molecule has 7 atom stereocenters. The van der Waals surface area contributed by atoms with Crippen LogP contribution in [-0.4, -0.2) is 100 Å². The number of H-pyrrole nitrogens is 2. The second-order valence-corrected chi connectivity index (χ2v) is 31.4. The lowest BCUT2D eigenvalue weighted by Crippen LogP contribution is -2.68. The third-order valence-electron chi connectivity index (χ3n) is 16.8. The minimum atomic E-state index is -5.21. The molecular formula is C68H74N5O17PSSi. The van der Waals surface area contributed by atoms with Gasteiger partial charge in [-0.2, -0.15) is 13.7 Å². The summed E-state index contributed by atoms with van der Waals surface area (Å²) in [6.45, 7) is 8.25. The van der Waals surface area contributed by atoms with E-state index >= 15 is 4.57 Å². The molecule has 93 heavy (non-hydrogen) atoms. The van der Waals surface area contributed by atoms with E-state index in [1.54, 1.807) is 74.5 Å². The summed E-state index contributed by atoms with van der Waals surface area (Å²) in [6.07, 6.45) is -4.53. The SMILES string of the molecule is COc1ccc(C(OC[C@@]2(COS(=O)(=O)c3ccc(C)cc3)O[C@@H](n3cc(C)c(=O)[nH]c3=O)C[C@@H]2OP(=O)(OCCC#N)OC[C@H]2O[C@@H](n3cc(C)c(=O)[nH]c3=O)C[C@@H]2O[Si](c2ccccc2)(c2ccccc2)C(C)(C)C)(c2ccccc2)c2ccc(OC)cc2)cc1. The number of hydrogen-bond acceptors (Lipinski definition) is 18. The van der Waals surface area contributed by atoms with Gasteiger partial charge in [0.1, 0.15) is 54.0 Å². The number of benzene rings is 6. The maximum Gasteiger partial charge on any atom is 0.475 e. The third kappa shape index (κ3) is 14.3. The van der Waals surface area contributed by atoms with Crippen LogP contribution in [-0.2, 0) is 56.7 Å². The van der Waals surface area contributed by atoms with Crippen LogP contribution < -0.4 is 42.3 Å². The molecule has 0 amide bonds. The van der Waals surface area contributed by atoms with Crippen molar-refractivity contribution < 1.29 is 58.8 Å². The van der Waals surface area contributed by atoms with Crippen LogP contribution in [0.15, 0.2) is 200 Å². The second-order valence-electron chi connectivity index (χ2n) is 23.9. The smallest absolute Gasteiger partial charge is 0.475 e. The van der Waals surface area contributed by atoms with Crippen molar-refractivity contribution >= 4 is 36.6 Å². The molecule has 2 aromatic heterocycles. The van der Waals surface area contributed by atoms with Gasteiger partial charge in [0, 0.05) is 36.4 Å². The van der Waals surface area contributed by atoms with Crippen molar-refractivity contribution in [2.45, 2.75) is 113 Å². The first kappa shape index (κ1) is 67.7. The average Bonchev–Trinajstić information content (AvgIpc) is 1.70. The van der Waals surface area contributed by atoms with E-state index in [9.17, 15) is 32.9 Å². The van der Waals surface area contributed by atoms with Crippen LogP contribution in [0.1, 0.15) is 85.9 Å². The number of nitrogens with one attached hydrogen (secondary N) is 2. The summed E-state index contributed by atoms with van der Waals surface area (Å²) < 4.78 is 114. The molecule has 1 unspecified atom stereocenters. The molecule has 0 aliphatic carbocycles. The number of phosphoric acid groups is 1. The largest absolute Gasteiger partial charge is 0.497 e. The Labute approximate surface area is 539 Å². The van der Waals surface area contributed by atoms with E-state index in [0.717, 1.165) is 20.5 Å². The van der Waals surface area contributed by atoms with Crippen LogP contribution in [0, 0.1) is 32.1 Å². The Morgan fingerprint density at radius 1 is 0.667 bits per heavy atom. The van der Waals surface area contributed by atoms with Crippen molar-refractivity contribution in [1.29, 1.82) is 5.26 Å². The molecule has 8 aromatic rings. The van der Waals surface area contributed by atoms with E-state index in [1.807, 2.05) is 97.1 Å². The van der Waals surface area contributed by atoms with Crippen molar-refractivity contribution in [3.8, 4) is 17.6 Å². The van der Waals surface area contributed by atoms with Gasteiger partial charge in [0.15, 0.2) is 0 Å². The van der Waals surface area contributed by atoms with Crippen molar-refractivity contribution in [2.24, 2.45) is 0 Å². The van der Waals surface area contributed by atoms with Crippen LogP contribution in [0.3, 0.4) is 0 Å². The summed E-state index contributed by atoms with van der Waals surface area (Å²) in [6, 6.07) is 50.8. The zero-order chi connectivity index (χ0) is 66.3. The first-order chi connectivity index (χ1) is 44.5. The lowest BCUT2D eigenvalue weighted by atomic mass is 9.79. The van der Waals surface area contributed by atoms with Crippen LogP contribution in [0.2, 0.25) is 5.04 Å². The number of nitrogens with zero attached hydrogens (tertiary/aromatic N) is 3. The highest BCUT2D eigenvalue weighted by Gasteiger charge is 2.58. The standard InChI is InChI=1S/C68H74N5O17PSSi/c1-46-25-35-54(36-26-46)92(79,80)86-45-67(44-83-68(49-19-12-9-13-20-49,50-27-31-52(81-7)32-28-50)51-29-33-53(82-8)34-30-51)59(40-61(88-67)73-42-48(3)63(75)71-65(73)77)89-91(78,84-38-18-37-69)85-43-58-57(39-60(87-58)72-41-47(2)62(74)70-64(72)76)90-93(66(4,5)6,55-21-14-10-15-22-55)56-23-16-11-17-24-56/h9-17,19-36,41-42,57-61H,18,38-40,43-45H2,1-8H3,(H,70,74,76)(H,71,75,77)/t57-,58+,59-,60+,61+,67-,91?/m0/s1. The number of aromatic nitrogens is 4. The number of nitriles is 1. The van der Waals surface area contributed by atoms with Gasteiger partial charge in [-0.3, -0.25) is 46.4 Å². The molecule has 0 radical (unpaired) electrons. The maximum atomic E-state index is 16.3. The van der Waals surface area contributed by atoms with Crippen molar-refractivity contribution in [3.63, 3.8) is 0 Å². The molecule has 0 spiro atoms. The molecule has 25 heteroatoms. The predicted octanol–water partition coefficient (Wildman–Crippen LogP) is 8.77. The quantitative estimate of drug-likeness (QED) is 0.0168.